The minimum Gasteiger partial charge on any atom is -0.491 e. The fraction of sp³-hybridized carbons (Fsp3) is 0.294. The average molecular weight is 289 g/mol. The number of ether oxygens (including phenoxy) is 2. The second-order valence-electron chi connectivity index (χ2n) is 4.87. The highest BCUT2D eigenvalue weighted by Crippen LogP contribution is 2.29. The largest absolute Gasteiger partial charge is 0.491 e. The van der Waals surface area contributed by atoms with Crippen LogP contribution < -0.4 is 10.5 Å². The van der Waals surface area contributed by atoms with Crippen molar-refractivity contribution in [3.05, 3.63) is 65.0 Å². The van der Waals surface area contributed by atoms with E-state index >= 15 is 0 Å². The molecule has 0 spiro atoms. The molecule has 0 bridgehead atoms. The smallest absolute Gasteiger partial charge is 0.126 e. The molecule has 4 heteroatoms. The van der Waals surface area contributed by atoms with Crippen molar-refractivity contribution in [3.8, 4) is 5.75 Å². The van der Waals surface area contributed by atoms with Crippen molar-refractivity contribution < 1.29 is 13.9 Å². The van der Waals surface area contributed by atoms with Crippen molar-refractivity contribution in [2.24, 2.45) is 5.73 Å². The van der Waals surface area contributed by atoms with E-state index in [-0.39, 0.29) is 11.9 Å². The maximum absolute atomic E-state index is 13.4. The van der Waals surface area contributed by atoms with Gasteiger partial charge in [-0.3, -0.25) is 0 Å². The second kappa shape index (κ2) is 7.20. The Morgan fingerprint density at radius 2 is 1.90 bits per heavy atom. The first kappa shape index (κ1) is 15.5. The van der Waals surface area contributed by atoms with E-state index in [1.165, 1.54) is 6.07 Å². The van der Waals surface area contributed by atoms with E-state index in [1.807, 2.05) is 24.3 Å². The van der Waals surface area contributed by atoms with Crippen LogP contribution in [0.25, 0.3) is 0 Å². The third-order valence-electron chi connectivity index (χ3n) is 3.34. The normalized spacial score (nSPS) is 12.2. The Morgan fingerprint density at radius 1 is 1.14 bits per heavy atom. The van der Waals surface area contributed by atoms with Crippen molar-refractivity contribution >= 4 is 0 Å². The molecule has 2 aromatic rings. The highest BCUT2D eigenvalue weighted by molar-refractivity contribution is 5.42. The topological polar surface area (TPSA) is 44.5 Å². The molecule has 1 atom stereocenters. The molecule has 0 aromatic heterocycles. The van der Waals surface area contributed by atoms with Crippen LogP contribution in [0.3, 0.4) is 0 Å². The highest BCUT2D eigenvalue weighted by atomic mass is 19.1. The standard InChI is InChI=1S/C17H20FNO2/c1-12-11-13(7-8-15(12)18)17(19)14-5-3-4-6-16(14)21-10-9-20-2/h3-8,11,17H,9-10,19H2,1-2H3. The first-order valence-electron chi connectivity index (χ1n) is 6.85. The zero-order valence-corrected chi connectivity index (χ0v) is 12.3. The molecule has 2 aromatic carbocycles. The SMILES string of the molecule is COCCOc1ccccc1C(N)c1ccc(F)c(C)c1. The number of hydrogen-bond donors (Lipinski definition) is 1. The number of aryl methyl sites for hydroxylation is 1. The number of methoxy groups -OCH3 is 1. The first-order valence-corrected chi connectivity index (χ1v) is 6.85. The van der Waals surface area contributed by atoms with Gasteiger partial charge in [0.05, 0.1) is 12.6 Å². The van der Waals surface area contributed by atoms with E-state index in [9.17, 15) is 4.39 Å². The predicted molar refractivity (Wildman–Crippen MR) is 81.0 cm³/mol. The summed E-state index contributed by atoms with van der Waals surface area (Å²) in [6, 6.07) is 12.2. The Morgan fingerprint density at radius 3 is 2.62 bits per heavy atom. The number of rotatable bonds is 6. The van der Waals surface area contributed by atoms with Gasteiger partial charge in [0.15, 0.2) is 0 Å². The minimum absolute atomic E-state index is 0.226. The Labute approximate surface area is 124 Å². The molecular formula is C17H20FNO2. The molecule has 1 unspecified atom stereocenters. The molecule has 112 valence electrons. The zero-order chi connectivity index (χ0) is 15.2. The lowest BCUT2D eigenvalue weighted by molar-refractivity contribution is 0.145. The summed E-state index contributed by atoms with van der Waals surface area (Å²) in [6.07, 6.45) is 0. The Hall–Kier alpha value is -1.91. The summed E-state index contributed by atoms with van der Waals surface area (Å²) >= 11 is 0. The number of nitrogens with two attached hydrogens (primary N) is 1. The van der Waals surface area contributed by atoms with Crippen LogP contribution in [-0.2, 0) is 4.74 Å². The lowest BCUT2D eigenvalue weighted by atomic mass is 9.97. The van der Waals surface area contributed by atoms with E-state index in [4.69, 9.17) is 15.2 Å². The van der Waals surface area contributed by atoms with Crippen LogP contribution >= 0.6 is 0 Å². The molecule has 0 fully saturated rings. The summed E-state index contributed by atoms with van der Waals surface area (Å²) in [5.74, 6) is 0.500. The molecule has 2 rings (SSSR count). The average Bonchev–Trinajstić information content (AvgIpc) is 2.50. The summed E-state index contributed by atoms with van der Waals surface area (Å²) in [5.41, 5.74) is 8.62. The number of para-hydroxylation sites is 1. The molecule has 0 aliphatic carbocycles. The van der Waals surface area contributed by atoms with Gasteiger partial charge < -0.3 is 15.2 Å². The van der Waals surface area contributed by atoms with Crippen molar-refractivity contribution in [1.29, 1.82) is 0 Å². The van der Waals surface area contributed by atoms with Gasteiger partial charge >= 0.3 is 0 Å². The molecule has 21 heavy (non-hydrogen) atoms. The second-order valence-corrected chi connectivity index (χ2v) is 4.87. The lowest BCUT2D eigenvalue weighted by Gasteiger charge is -2.18. The Kier molecular flexibility index (Phi) is 5.31. The fourth-order valence-electron chi connectivity index (χ4n) is 2.14. The molecule has 0 heterocycles. The van der Waals surface area contributed by atoms with Crippen LogP contribution in [-0.4, -0.2) is 20.3 Å². The summed E-state index contributed by atoms with van der Waals surface area (Å²) in [5, 5.41) is 0. The van der Waals surface area contributed by atoms with E-state index < -0.39 is 0 Å². The maximum Gasteiger partial charge on any atom is 0.126 e. The van der Waals surface area contributed by atoms with Crippen LogP contribution in [0, 0.1) is 12.7 Å². The third kappa shape index (κ3) is 3.80. The Balaban J connectivity index is 2.25. The summed E-state index contributed by atoms with van der Waals surface area (Å²) in [6.45, 7) is 2.70. The van der Waals surface area contributed by atoms with Crippen LogP contribution in [0.15, 0.2) is 42.5 Å². The quantitative estimate of drug-likeness (QED) is 0.831. The number of halogens is 1. The molecule has 0 saturated carbocycles. The highest BCUT2D eigenvalue weighted by Gasteiger charge is 2.15. The fourth-order valence-corrected chi connectivity index (χ4v) is 2.14. The van der Waals surface area contributed by atoms with Crippen molar-refractivity contribution in [2.75, 3.05) is 20.3 Å². The zero-order valence-electron chi connectivity index (χ0n) is 12.3. The first-order chi connectivity index (χ1) is 10.1. The van der Waals surface area contributed by atoms with Gasteiger partial charge in [-0.2, -0.15) is 0 Å². The van der Waals surface area contributed by atoms with Gasteiger partial charge in [0, 0.05) is 12.7 Å². The minimum atomic E-state index is -0.358. The molecule has 0 aliphatic rings. The molecule has 0 aliphatic heterocycles. The van der Waals surface area contributed by atoms with Crippen LogP contribution in [0.1, 0.15) is 22.7 Å². The van der Waals surface area contributed by atoms with Gasteiger partial charge in [-0.1, -0.05) is 30.3 Å². The van der Waals surface area contributed by atoms with Crippen molar-refractivity contribution in [1.82, 2.24) is 0 Å². The van der Waals surface area contributed by atoms with Crippen LogP contribution in [0.2, 0.25) is 0 Å². The van der Waals surface area contributed by atoms with Crippen molar-refractivity contribution in [3.63, 3.8) is 0 Å². The number of hydrogen-bond acceptors (Lipinski definition) is 3. The van der Waals surface area contributed by atoms with Crippen molar-refractivity contribution in [2.45, 2.75) is 13.0 Å². The maximum atomic E-state index is 13.4. The summed E-state index contributed by atoms with van der Waals surface area (Å²) in [7, 11) is 1.63. The molecule has 0 saturated heterocycles. The predicted octanol–water partition coefficient (Wildman–Crippen LogP) is 3.21. The summed E-state index contributed by atoms with van der Waals surface area (Å²) in [4.78, 5) is 0. The van der Waals surface area contributed by atoms with E-state index in [1.54, 1.807) is 26.2 Å². The number of benzene rings is 2. The van der Waals surface area contributed by atoms with Gasteiger partial charge in [0.1, 0.15) is 18.2 Å². The molecule has 3 nitrogen and oxygen atoms in total. The van der Waals surface area contributed by atoms with Crippen LogP contribution in [0.5, 0.6) is 5.75 Å². The van der Waals surface area contributed by atoms with Crippen LogP contribution in [0.4, 0.5) is 4.39 Å². The van der Waals surface area contributed by atoms with Gasteiger partial charge in [-0.15, -0.1) is 0 Å². The van der Waals surface area contributed by atoms with Gasteiger partial charge in [0.25, 0.3) is 0 Å². The van der Waals surface area contributed by atoms with Gasteiger partial charge in [0.2, 0.25) is 0 Å². The molecule has 2 N–H and O–H groups in total. The Bertz CT molecular complexity index is 601. The van der Waals surface area contributed by atoms with E-state index in [0.29, 0.717) is 18.8 Å². The van der Waals surface area contributed by atoms with E-state index in [2.05, 4.69) is 0 Å². The van der Waals surface area contributed by atoms with Gasteiger partial charge in [-0.25, -0.2) is 4.39 Å². The lowest BCUT2D eigenvalue weighted by Crippen LogP contribution is -2.15. The molecular weight excluding hydrogens is 269 g/mol. The molecule has 0 radical (unpaired) electrons. The van der Waals surface area contributed by atoms with E-state index in [0.717, 1.165) is 16.9 Å². The monoisotopic (exact) mass is 289 g/mol. The molecule has 0 amide bonds. The van der Waals surface area contributed by atoms with Gasteiger partial charge in [-0.05, 0) is 30.2 Å². The summed E-state index contributed by atoms with van der Waals surface area (Å²) < 4.78 is 24.0. The third-order valence-corrected chi connectivity index (χ3v) is 3.34.